The molecule has 4 rings (SSSR count). The van der Waals surface area contributed by atoms with E-state index in [4.69, 9.17) is 4.74 Å². The number of hydrogen-bond acceptors (Lipinski definition) is 6. The van der Waals surface area contributed by atoms with Gasteiger partial charge in [-0.2, -0.15) is 0 Å². The molecule has 6 nitrogen and oxygen atoms in total. The van der Waals surface area contributed by atoms with Gasteiger partial charge in [0.15, 0.2) is 5.13 Å². The van der Waals surface area contributed by atoms with Gasteiger partial charge in [0.05, 0.1) is 18.1 Å². The van der Waals surface area contributed by atoms with Crippen molar-refractivity contribution in [3.8, 4) is 17.0 Å². The second-order valence-corrected chi connectivity index (χ2v) is 10.1. The Balaban J connectivity index is 1.30. The molecule has 0 saturated heterocycles. The summed E-state index contributed by atoms with van der Waals surface area (Å²) >= 11 is 2.85. The van der Waals surface area contributed by atoms with Gasteiger partial charge in [-0.05, 0) is 62.4 Å². The maximum atomic E-state index is 12.7. The molecule has 0 aliphatic rings. The van der Waals surface area contributed by atoms with Crippen LogP contribution in [0.25, 0.3) is 11.3 Å². The van der Waals surface area contributed by atoms with Gasteiger partial charge in [-0.1, -0.05) is 29.8 Å². The smallest absolute Gasteiger partial charge is 0.255 e. The molecule has 1 unspecified atom stereocenters. The van der Waals surface area contributed by atoms with E-state index in [1.54, 1.807) is 31.4 Å². The molecule has 1 heterocycles. The van der Waals surface area contributed by atoms with Crippen molar-refractivity contribution >= 4 is 45.7 Å². The SMILES string of the molecule is COc1ccc(C(=O)Nc2ccc(SC(C)C(=O)Nc3nc(-c4ccc(C)cc4)cs3)cc2)cc1. The molecule has 2 N–H and O–H groups in total. The molecule has 1 aromatic heterocycles. The first-order valence-electron chi connectivity index (χ1n) is 11.0. The second-order valence-electron chi connectivity index (χ2n) is 7.86. The largest absolute Gasteiger partial charge is 0.497 e. The number of thioether (sulfide) groups is 1. The van der Waals surface area contributed by atoms with Gasteiger partial charge in [-0.25, -0.2) is 4.98 Å². The van der Waals surface area contributed by atoms with Crippen LogP contribution < -0.4 is 15.4 Å². The molecule has 2 amide bonds. The molecular formula is C27H25N3O3S2. The van der Waals surface area contributed by atoms with E-state index < -0.39 is 0 Å². The minimum Gasteiger partial charge on any atom is -0.497 e. The molecule has 0 bridgehead atoms. The fourth-order valence-electron chi connectivity index (χ4n) is 3.22. The Morgan fingerprint density at radius 1 is 0.943 bits per heavy atom. The van der Waals surface area contributed by atoms with E-state index in [0.717, 1.165) is 16.2 Å². The molecule has 1 atom stereocenters. The average molecular weight is 504 g/mol. The van der Waals surface area contributed by atoms with Gasteiger partial charge in [0.2, 0.25) is 5.91 Å². The van der Waals surface area contributed by atoms with Crippen LogP contribution in [0.4, 0.5) is 10.8 Å². The van der Waals surface area contributed by atoms with Crippen LogP contribution in [0.1, 0.15) is 22.8 Å². The summed E-state index contributed by atoms with van der Waals surface area (Å²) in [4.78, 5) is 30.6. The van der Waals surface area contributed by atoms with Crippen molar-refractivity contribution in [3.05, 3.63) is 89.3 Å². The number of nitrogens with one attached hydrogen (secondary N) is 2. The number of amides is 2. The zero-order valence-electron chi connectivity index (χ0n) is 19.6. The van der Waals surface area contributed by atoms with Crippen LogP contribution in [0.5, 0.6) is 5.75 Å². The topological polar surface area (TPSA) is 80.3 Å². The first-order chi connectivity index (χ1) is 16.9. The minimum atomic E-state index is -0.318. The third kappa shape index (κ3) is 6.49. The van der Waals surface area contributed by atoms with E-state index in [1.165, 1.54) is 28.7 Å². The third-order valence-corrected chi connectivity index (χ3v) is 7.10. The number of aromatic nitrogens is 1. The molecule has 0 radical (unpaired) electrons. The third-order valence-electron chi connectivity index (χ3n) is 5.23. The predicted octanol–water partition coefficient (Wildman–Crippen LogP) is 6.50. The van der Waals surface area contributed by atoms with Crippen molar-refractivity contribution < 1.29 is 14.3 Å². The molecule has 8 heteroatoms. The highest BCUT2D eigenvalue weighted by Crippen LogP contribution is 2.28. The van der Waals surface area contributed by atoms with E-state index in [-0.39, 0.29) is 17.1 Å². The van der Waals surface area contributed by atoms with E-state index in [2.05, 4.69) is 15.6 Å². The average Bonchev–Trinajstić information content (AvgIpc) is 3.34. The monoisotopic (exact) mass is 503 g/mol. The number of ether oxygens (including phenoxy) is 1. The van der Waals surface area contributed by atoms with E-state index in [0.29, 0.717) is 22.1 Å². The van der Waals surface area contributed by atoms with E-state index >= 15 is 0 Å². The number of nitrogens with zero attached hydrogens (tertiary/aromatic N) is 1. The summed E-state index contributed by atoms with van der Waals surface area (Å²) in [6.45, 7) is 3.90. The van der Waals surface area contributed by atoms with Gasteiger partial charge in [0.1, 0.15) is 5.75 Å². The number of thiazole rings is 1. The summed E-state index contributed by atoms with van der Waals surface area (Å²) in [5, 5.41) is 7.99. The highest BCUT2D eigenvalue weighted by atomic mass is 32.2. The fraction of sp³-hybridized carbons (Fsp3) is 0.148. The Hall–Kier alpha value is -3.62. The number of aryl methyl sites for hydroxylation is 1. The Morgan fingerprint density at radius 3 is 2.29 bits per heavy atom. The number of carbonyl (C=O) groups is 2. The first-order valence-corrected chi connectivity index (χ1v) is 12.7. The lowest BCUT2D eigenvalue weighted by Gasteiger charge is -2.11. The predicted molar refractivity (Wildman–Crippen MR) is 144 cm³/mol. The Kier molecular flexibility index (Phi) is 7.84. The van der Waals surface area contributed by atoms with Crippen LogP contribution >= 0.6 is 23.1 Å². The Morgan fingerprint density at radius 2 is 1.63 bits per heavy atom. The molecule has 35 heavy (non-hydrogen) atoms. The Labute approximate surface area is 212 Å². The number of benzene rings is 3. The highest BCUT2D eigenvalue weighted by molar-refractivity contribution is 8.00. The number of anilines is 2. The number of hydrogen-bond donors (Lipinski definition) is 2. The maximum absolute atomic E-state index is 12.7. The van der Waals surface area contributed by atoms with Crippen LogP contribution in [0.2, 0.25) is 0 Å². The van der Waals surface area contributed by atoms with Crippen molar-refractivity contribution in [2.75, 3.05) is 17.7 Å². The van der Waals surface area contributed by atoms with Crippen LogP contribution in [-0.2, 0) is 4.79 Å². The lowest BCUT2D eigenvalue weighted by molar-refractivity contribution is -0.115. The summed E-state index contributed by atoms with van der Waals surface area (Å²) in [5.41, 5.74) is 4.28. The van der Waals surface area contributed by atoms with Crippen LogP contribution in [0.3, 0.4) is 0 Å². The van der Waals surface area contributed by atoms with Gasteiger partial charge in [-0.15, -0.1) is 23.1 Å². The molecule has 3 aromatic carbocycles. The van der Waals surface area contributed by atoms with Gasteiger partial charge < -0.3 is 15.4 Å². The Bertz CT molecular complexity index is 1300. The fourth-order valence-corrected chi connectivity index (χ4v) is 4.81. The van der Waals surface area contributed by atoms with Crippen molar-refractivity contribution in [2.45, 2.75) is 24.0 Å². The molecule has 178 valence electrons. The van der Waals surface area contributed by atoms with Gasteiger partial charge in [0, 0.05) is 27.1 Å². The molecule has 0 aliphatic carbocycles. The van der Waals surface area contributed by atoms with E-state index in [9.17, 15) is 9.59 Å². The van der Waals surface area contributed by atoms with Crippen molar-refractivity contribution in [3.63, 3.8) is 0 Å². The summed E-state index contributed by atoms with van der Waals surface area (Å²) in [5.74, 6) is 0.383. The van der Waals surface area contributed by atoms with Crippen molar-refractivity contribution in [1.82, 2.24) is 4.98 Å². The molecule has 0 saturated carbocycles. The summed E-state index contributed by atoms with van der Waals surface area (Å²) < 4.78 is 5.12. The molecule has 0 fully saturated rings. The number of methoxy groups -OCH3 is 1. The molecule has 0 aliphatic heterocycles. The lowest BCUT2D eigenvalue weighted by Crippen LogP contribution is -2.22. The van der Waals surface area contributed by atoms with Gasteiger partial charge in [0.25, 0.3) is 5.91 Å². The molecule has 0 spiro atoms. The lowest BCUT2D eigenvalue weighted by atomic mass is 10.1. The quantitative estimate of drug-likeness (QED) is 0.268. The molecular weight excluding hydrogens is 478 g/mol. The van der Waals surface area contributed by atoms with Gasteiger partial charge >= 0.3 is 0 Å². The molecule has 4 aromatic rings. The maximum Gasteiger partial charge on any atom is 0.255 e. The zero-order valence-corrected chi connectivity index (χ0v) is 21.2. The summed E-state index contributed by atoms with van der Waals surface area (Å²) in [6.07, 6.45) is 0. The van der Waals surface area contributed by atoms with Crippen molar-refractivity contribution in [2.24, 2.45) is 0 Å². The summed E-state index contributed by atoms with van der Waals surface area (Å²) in [6, 6.07) is 22.5. The number of carbonyl (C=O) groups excluding carboxylic acids is 2. The van der Waals surface area contributed by atoms with Crippen LogP contribution in [0, 0.1) is 6.92 Å². The summed E-state index contributed by atoms with van der Waals surface area (Å²) in [7, 11) is 1.58. The number of rotatable bonds is 8. The van der Waals surface area contributed by atoms with Crippen molar-refractivity contribution in [1.29, 1.82) is 0 Å². The van der Waals surface area contributed by atoms with Crippen LogP contribution in [-0.4, -0.2) is 29.2 Å². The van der Waals surface area contributed by atoms with E-state index in [1.807, 2.05) is 67.8 Å². The normalized spacial score (nSPS) is 11.5. The first kappa shape index (κ1) is 24.5. The minimum absolute atomic E-state index is 0.114. The van der Waals surface area contributed by atoms with Gasteiger partial charge in [-0.3, -0.25) is 9.59 Å². The standard InChI is InChI=1S/C27H25N3O3S2/c1-17-4-6-19(7-5-17)24-16-34-27(29-24)30-25(31)18(2)35-23-14-10-21(11-15-23)28-26(32)20-8-12-22(33-3)13-9-20/h4-16,18H,1-3H3,(H,28,32)(H,29,30,31). The zero-order chi connectivity index (χ0) is 24.8. The highest BCUT2D eigenvalue weighted by Gasteiger charge is 2.17. The van der Waals surface area contributed by atoms with Crippen LogP contribution in [0.15, 0.2) is 83.1 Å². The second kappa shape index (κ2) is 11.2.